The number of rotatable bonds is 1. The van der Waals surface area contributed by atoms with Crippen LogP contribution in [0.1, 0.15) is 32.0 Å². The molecule has 4 nitrogen and oxygen atoms in total. The van der Waals surface area contributed by atoms with Gasteiger partial charge >= 0.3 is 0 Å². The van der Waals surface area contributed by atoms with E-state index >= 15 is 0 Å². The van der Waals surface area contributed by atoms with Crippen molar-refractivity contribution in [3.8, 4) is 11.8 Å². The van der Waals surface area contributed by atoms with Gasteiger partial charge in [0.05, 0.1) is 12.8 Å². The van der Waals surface area contributed by atoms with E-state index in [-0.39, 0.29) is 11.2 Å². The molecule has 0 saturated carbocycles. The van der Waals surface area contributed by atoms with Gasteiger partial charge in [-0.1, -0.05) is 20.8 Å². The molecule has 1 aromatic rings. The van der Waals surface area contributed by atoms with Gasteiger partial charge in [0.2, 0.25) is 0 Å². The lowest BCUT2D eigenvalue weighted by molar-refractivity contribution is 0.410. The molecular formula is C11H15N3O. The molecular weight excluding hydrogens is 190 g/mol. The van der Waals surface area contributed by atoms with Crippen LogP contribution in [0.3, 0.4) is 0 Å². The molecule has 2 N–H and O–H groups in total. The number of aromatic nitrogens is 1. The van der Waals surface area contributed by atoms with Crippen LogP contribution >= 0.6 is 0 Å². The number of nitrogens with two attached hydrogens (primary N) is 1. The van der Waals surface area contributed by atoms with Gasteiger partial charge in [-0.2, -0.15) is 5.26 Å². The zero-order valence-corrected chi connectivity index (χ0v) is 9.46. The lowest BCUT2D eigenvalue weighted by Crippen LogP contribution is -2.15. The van der Waals surface area contributed by atoms with Gasteiger partial charge in [0, 0.05) is 11.5 Å². The lowest BCUT2D eigenvalue weighted by atomic mass is 9.91. The van der Waals surface area contributed by atoms with E-state index in [2.05, 4.69) is 4.98 Å². The summed E-state index contributed by atoms with van der Waals surface area (Å²) in [5.41, 5.74) is 6.69. The maximum atomic E-state index is 8.87. The Kier molecular flexibility index (Phi) is 2.85. The number of pyridine rings is 1. The number of anilines is 1. The molecule has 0 atom stereocenters. The first-order valence-corrected chi connectivity index (χ1v) is 4.65. The SMILES string of the molecule is COc1cc(C(C)(C)C)nc(N)c1C#N. The highest BCUT2D eigenvalue weighted by Gasteiger charge is 2.19. The topological polar surface area (TPSA) is 71.9 Å². The Balaban J connectivity index is 3.40. The quantitative estimate of drug-likeness (QED) is 0.759. The molecule has 1 heterocycles. The second-order valence-corrected chi connectivity index (χ2v) is 4.33. The van der Waals surface area contributed by atoms with Crippen molar-refractivity contribution in [1.82, 2.24) is 4.98 Å². The Morgan fingerprint density at radius 3 is 2.47 bits per heavy atom. The minimum Gasteiger partial charge on any atom is -0.495 e. The molecule has 4 heteroatoms. The number of hydrogen-bond acceptors (Lipinski definition) is 4. The fourth-order valence-electron chi connectivity index (χ4n) is 1.20. The van der Waals surface area contributed by atoms with Gasteiger partial charge in [-0.05, 0) is 0 Å². The lowest BCUT2D eigenvalue weighted by Gasteiger charge is -2.19. The van der Waals surface area contributed by atoms with Gasteiger partial charge in [0.1, 0.15) is 23.2 Å². The monoisotopic (exact) mass is 205 g/mol. The van der Waals surface area contributed by atoms with E-state index in [1.54, 1.807) is 6.07 Å². The van der Waals surface area contributed by atoms with Crippen molar-refractivity contribution in [2.75, 3.05) is 12.8 Å². The minimum absolute atomic E-state index is 0.116. The molecule has 0 aromatic carbocycles. The van der Waals surface area contributed by atoms with Crippen molar-refractivity contribution in [1.29, 1.82) is 5.26 Å². The summed E-state index contributed by atoms with van der Waals surface area (Å²) in [6, 6.07) is 3.74. The summed E-state index contributed by atoms with van der Waals surface area (Å²) in [4.78, 5) is 4.20. The molecule has 0 aliphatic heterocycles. The van der Waals surface area contributed by atoms with E-state index in [1.165, 1.54) is 7.11 Å². The summed E-state index contributed by atoms with van der Waals surface area (Å²) >= 11 is 0. The number of methoxy groups -OCH3 is 1. The van der Waals surface area contributed by atoms with Gasteiger partial charge in [-0.25, -0.2) is 4.98 Å². The molecule has 0 fully saturated rings. The summed E-state index contributed by atoms with van der Waals surface area (Å²) in [7, 11) is 1.52. The average Bonchev–Trinajstić information content (AvgIpc) is 2.15. The van der Waals surface area contributed by atoms with Crippen LogP contribution in [0.25, 0.3) is 0 Å². The molecule has 15 heavy (non-hydrogen) atoms. The molecule has 0 aliphatic rings. The fourth-order valence-corrected chi connectivity index (χ4v) is 1.20. The highest BCUT2D eigenvalue weighted by molar-refractivity contribution is 5.58. The number of hydrogen-bond donors (Lipinski definition) is 1. The average molecular weight is 205 g/mol. The molecule has 0 amide bonds. The summed E-state index contributed by atoms with van der Waals surface area (Å²) < 4.78 is 5.11. The third kappa shape index (κ3) is 2.18. The standard InChI is InChI=1S/C11H15N3O/c1-11(2,3)9-5-8(15-4)7(6-12)10(13)14-9/h5H,1-4H3,(H2,13,14). The molecule has 1 rings (SSSR count). The van der Waals surface area contributed by atoms with E-state index < -0.39 is 0 Å². The van der Waals surface area contributed by atoms with Crippen molar-refractivity contribution in [3.63, 3.8) is 0 Å². The van der Waals surface area contributed by atoms with E-state index in [4.69, 9.17) is 15.7 Å². The van der Waals surface area contributed by atoms with Gasteiger partial charge in [0.15, 0.2) is 0 Å². The largest absolute Gasteiger partial charge is 0.495 e. The second-order valence-electron chi connectivity index (χ2n) is 4.33. The van der Waals surface area contributed by atoms with Gasteiger partial charge in [-0.3, -0.25) is 0 Å². The van der Waals surface area contributed by atoms with Crippen LogP contribution in [0.15, 0.2) is 6.07 Å². The third-order valence-electron chi connectivity index (χ3n) is 2.11. The van der Waals surface area contributed by atoms with Crippen LogP contribution in [0, 0.1) is 11.3 Å². The van der Waals surface area contributed by atoms with Crippen LogP contribution in [-0.2, 0) is 5.41 Å². The van der Waals surface area contributed by atoms with Crippen LogP contribution < -0.4 is 10.5 Å². The summed E-state index contributed by atoms with van der Waals surface area (Å²) in [5, 5.41) is 8.87. The Morgan fingerprint density at radius 2 is 2.07 bits per heavy atom. The van der Waals surface area contributed by atoms with E-state index in [9.17, 15) is 0 Å². The summed E-state index contributed by atoms with van der Waals surface area (Å²) in [6.07, 6.45) is 0. The Bertz CT molecular complexity index is 413. The third-order valence-corrected chi connectivity index (χ3v) is 2.11. The number of nitriles is 1. The zero-order chi connectivity index (χ0) is 11.6. The smallest absolute Gasteiger partial charge is 0.145 e. The van der Waals surface area contributed by atoms with Crippen molar-refractivity contribution in [2.24, 2.45) is 0 Å². The maximum Gasteiger partial charge on any atom is 0.145 e. The predicted octanol–water partition coefficient (Wildman–Crippen LogP) is 1.84. The van der Waals surface area contributed by atoms with Crippen LogP contribution in [0.5, 0.6) is 5.75 Å². The first kappa shape index (κ1) is 11.3. The van der Waals surface area contributed by atoms with Gasteiger partial charge in [-0.15, -0.1) is 0 Å². The van der Waals surface area contributed by atoms with Crippen LogP contribution in [0.2, 0.25) is 0 Å². The Labute approximate surface area is 89.7 Å². The number of ether oxygens (including phenoxy) is 1. The molecule has 0 radical (unpaired) electrons. The summed E-state index contributed by atoms with van der Waals surface area (Å²) in [6.45, 7) is 6.08. The zero-order valence-electron chi connectivity index (χ0n) is 9.46. The van der Waals surface area contributed by atoms with Gasteiger partial charge < -0.3 is 10.5 Å². The molecule has 80 valence electrons. The first-order valence-electron chi connectivity index (χ1n) is 4.65. The highest BCUT2D eigenvalue weighted by Crippen LogP contribution is 2.29. The number of nitrogens with zero attached hydrogens (tertiary/aromatic N) is 2. The molecule has 0 saturated heterocycles. The number of nitrogen functional groups attached to an aromatic ring is 1. The maximum absolute atomic E-state index is 8.87. The van der Waals surface area contributed by atoms with Crippen molar-refractivity contribution in [3.05, 3.63) is 17.3 Å². The van der Waals surface area contributed by atoms with Crippen molar-refractivity contribution in [2.45, 2.75) is 26.2 Å². The second kappa shape index (κ2) is 3.77. The molecule has 0 unspecified atom stereocenters. The highest BCUT2D eigenvalue weighted by atomic mass is 16.5. The predicted molar refractivity (Wildman–Crippen MR) is 58.6 cm³/mol. The van der Waals surface area contributed by atoms with E-state index in [0.29, 0.717) is 11.3 Å². The Morgan fingerprint density at radius 1 is 1.47 bits per heavy atom. The molecule has 1 aromatic heterocycles. The van der Waals surface area contributed by atoms with Crippen LogP contribution in [-0.4, -0.2) is 12.1 Å². The van der Waals surface area contributed by atoms with Crippen molar-refractivity contribution >= 4 is 5.82 Å². The minimum atomic E-state index is -0.116. The first-order chi connectivity index (χ1) is 6.90. The van der Waals surface area contributed by atoms with Gasteiger partial charge in [0.25, 0.3) is 0 Å². The molecule has 0 bridgehead atoms. The van der Waals surface area contributed by atoms with E-state index in [1.807, 2.05) is 26.8 Å². The van der Waals surface area contributed by atoms with Crippen LogP contribution in [0.4, 0.5) is 5.82 Å². The molecule has 0 aliphatic carbocycles. The van der Waals surface area contributed by atoms with Crippen molar-refractivity contribution < 1.29 is 4.74 Å². The van der Waals surface area contributed by atoms with E-state index in [0.717, 1.165) is 5.69 Å². The normalized spacial score (nSPS) is 10.9. The molecule has 0 spiro atoms. The summed E-state index contributed by atoms with van der Waals surface area (Å²) in [5.74, 6) is 0.705. The fraction of sp³-hybridized carbons (Fsp3) is 0.455. The Hall–Kier alpha value is -1.76.